The molecule has 0 spiro atoms. The van der Waals surface area contributed by atoms with E-state index in [9.17, 15) is 18.0 Å². The third kappa shape index (κ3) is 5.70. The average molecular weight is 546 g/mol. The number of rotatable bonds is 7. The van der Waals surface area contributed by atoms with Gasteiger partial charge in [-0.3, -0.25) is 0 Å². The number of hydrogen-bond acceptors (Lipinski definition) is 6. The van der Waals surface area contributed by atoms with Gasteiger partial charge in [0.1, 0.15) is 28.4 Å². The topological polar surface area (TPSA) is 57.2 Å². The van der Waals surface area contributed by atoms with Crippen molar-refractivity contribution in [1.29, 1.82) is 0 Å². The average Bonchev–Trinajstić information content (AvgIpc) is 3.35. The summed E-state index contributed by atoms with van der Waals surface area (Å²) in [4.78, 5) is 14.2. The van der Waals surface area contributed by atoms with E-state index in [0.29, 0.717) is 5.75 Å². The number of carbonyl (C=O) groups is 1. The van der Waals surface area contributed by atoms with Crippen LogP contribution in [0.15, 0.2) is 66.7 Å². The molecule has 1 aliphatic heterocycles. The standard InChI is InChI=1S/C28H26F3NO5S/c1-34-24-14-19(13-22(25(24)35-2)28(29,30)31)26(38)32-16-21(15-23(32)27(33)36-3)37-20-11-9-18(10-12-20)17-7-5-4-6-8-17/h4-14,21,23H,15-16H2,1-3H3. The van der Waals surface area contributed by atoms with E-state index < -0.39 is 35.6 Å². The minimum atomic E-state index is -4.71. The normalized spacial score (nSPS) is 17.2. The summed E-state index contributed by atoms with van der Waals surface area (Å²) in [6.45, 7) is 0.175. The number of thiocarbonyl (C=S) groups is 1. The lowest BCUT2D eigenvalue weighted by Gasteiger charge is -2.26. The Bertz CT molecular complexity index is 1300. The minimum absolute atomic E-state index is 0.0392. The third-order valence-electron chi connectivity index (χ3n) is 6.29. The molecule has 1 aliphatic rings. The summed E-state index contributed by atoms with van der Waals surface area (Å²) in [6.07, 6.45) is -4.93. The molecular formula is C28H26F3NO5S. The zero-order chi connectivity index (χ0) is 27.4. The van der Waals surface area contributed by atoms with Crippen LogP contribution in [0.5, 0.6) is 17.2 Å². The molecule has 200 valence electrons. The predicted octanol–water partition coefficient (Wildman–Crippen LogP) is 5.76. The largest absolute Gasteiger partial charge is 0.493 e. The number of alkyl halides is 3. The SMILES string of the molecule is COC(=O)C1CC(Oc2ccc(-c3ccccc3)cc2)CN1C(=S)c1cc(OC)c(OC)c(C(F)(F)F)c1. The number of methoxy groups -OCH3 is 3. The van der Waals surface area contributed by atoms with Gasteiger partial charge in [0, 0.05) is 12.0 Å². The first-order valence-corrected chi connectivity index (χ1v) is 12.1. The number of carbonyl (C=O) groups excluding carboxylic acids is 1. The van der Waals surface area contributed by atoms with Crippen LogP contribution < -0.4 is 14.2 Å². The van der Waals surface area contributed by atoms with Crippen molar-refractivity contribution in [2.24, 2.45) is 0 Å². The molecule has 4 rings (SSSR count). The van der Waals surface area contributed by atoms with Gasteiger partial charge in [0.2, 0.25) is 0 Å². The second-order valence-corrected chi connectivity index (χ2v) is 9.01. The quantitative estimate of drug-likeness (QED) is 0.276. The first-order chi connectivity index (χ1) is 18.2. The Balaban J connectivity index is 1.58. The summed E-state index contributed by atoms with van der Waals surface area (Å²) < 4.78 is 62.5. The van der Waals surface area contributed by atoms with E-state index in [-0.39, 0.29) is 29.3 Å². The van der Waals surface area contributed by atoms with Gasteiger partial charge >= 0.3 is 12.1 Å². The fourth-order valence-electron chi connectivity index (χ4n) is 4.48. The lowest BCUT2D eigenvalue weighted by molar-refractivity contribution is -0.144. The van der Waals surface area contributed by atoms with E-state index in [1.165, 1.54) is 25.2 Å². The van der Waals surface area contributed by atoms with E-state index in [2.05, 4.69) is 0 Å². The summed E-state index contributed by atoms with van der Waals surface area (Å²) in [7, 11) is 3.62. The van der Waals surface area contributed by atoms with Gasteiger partial charge in [0.15, 0.2) is 11.5 Å². The minimum Gasteiger partial charge on any atom is -0.493 e. The van der Waals surface area contributed by atoms with E-state index >= 15 is 0 Å². The molecule has 3 aromatic rings. The monoisotopic (exact) mass is 545 g/mol. The molecule has 2 unspecified atom stereocenters. The predicted molar refractivity (Wildman–Crippen MR) is 140 cm³/mol. The zero-order valence-electron chi connectivity index (χ0n) is 21.0. The van der Waals surface area contributed by atoms with Crippen molar-refractivity contribution < 1.29 is 36.9 Å². The number of likely N-dealkylation sites (tertiary alicyclic amines) is 1. The molecule has 1 fully saturated rings. The Kier molecular flexibility index (Phi) is 8.11. The highest BCUT2D eigenvalue weighted by atomic mass is 32.1. The Morgan fingerprint density at radius 1 is 0.947 bits per heavy atom. The molecule has 0 aromatic heterocycles. The molecule has 1 saturated heterocycles. The lowest BCUT2D eigenvalue weighted by atomic mass is 10.1. The Labute approximate surface area is 223 Å². The second kappa shape index (κ2) is 11.3. The fraction of sp³-hybridized carbons (Fsp3) is 0.286. The van der Waals surface area contributed by atoms with Gasteiger partial charge in [-0.25, -0.2) is 4.79 Å². The Morgan fingerprint density at radius 2 is 1.61 bits per heavy atom. The summed E-state index contributed by atoms with van der Waals surface area (Å²) in [5.74, 6) is -0.539. The van der Waals surface area contributed by atoms with Gasteiger partial charge in [-0.05, 0) is 35.4 Å². The summed E-state index contributed by atoms with van der Waals surface area (Å²) in [5.41, 5.74) is 1.12. The molecule has 0 bridgehead atoms. The molecular weight excluding hydrogens is 519 g/mol. The summed E-state index contributed by atoms with van der Waals surface area (Å²) >= 11 is 5.58. The second-order valence-electron chi connectivity index (χ2n) is 8.62. The Morgan fingerprint density at radius 3 is 2.18 bits per heavy atom. The van der Waals surface area contributed by atoms with Crippen LogP contribution in [0.3, 0.4) is 0 Å². The molecule has 0 N–H and O–H groups in total. The maximum atomic E-state index is 13.8. The van der Waals surface area contributed by atoms with Crippen LogP contribution in [0.25, 0.3) is 11.1 Å². The van der Waals surface area contributed by atoms with E-state index in [1.807, 2.05) is 54.6 Å². The smallest absolute Gasteiger partial charge is 0.420 e. The van der Waals surface area contributed by atoms with Crippen LogP contribution in [-0.2, 0) is 15.7 Å². The van der Waals surface area contributed by atoms with Crippen molar-refractivity contribution in [1.82, 2.24) is 4.90 Å². The maximum Gasteiger partial charge on any atom is 0.420 e. The van der Waals surface area contributed by atoms with Crippen LogP contribution in [0.4, 0.5) is 13.2 Å². The molecule has 3 aromatic carbocycles. The highest BCUT2D eigenvalue weighted by Gasteiger charge is 2.42. The van der Waals surface area contributed by atoms with Gasteiger partial charge < -0.3 is 23.8 Å². The van der Waals surface area contributed by atoms with Gasteiger partial charge in [-0.2, -0.15) is 13.2 Å². The van der Waals surface area contributed by atoms with Gasteiger partial charge in [0.25, 0.3) is 0 Å². The molecule has 38 heavy (non-hydrogen) atoms. The summed E-state index contributed by atoms with van der Waals surface area (Å²) in [6, 6.07) is 18.8. The van der Waals surface area contributed by atoms with Crippen molar-refractivity contribution in [3.63, 3.8) is 0 Å². The molecule has 0 amide bonds. The fourth-order valence-corrected chi connectivity index (χ4v) is 4.80. The molecule has 0 radical (unpaired) electrons. The van der Waals surface area contributed by atoms with Crippen LogP contribution in [0.2, 0.25) is 0 Å². The molecule has 6 nitrogen and oxygen atoms in total. The van der Waals surface area contributed by atoms with Crippen LogP contribution >= 0.6 is 12.2 Å². The van der Waals surface area contributed by atoms with Crippen LogP contribution in [0, 0.1) is 0 Å². The molecule has 10 heteroatoms. The lowest BCUT2D eigenvalue weighted by Crippen LogP contribution is -2.41. The van der Waals surface area contributed by atoms with Crippen molar-refractivity contribution >= 4 is 23.2 Å². The van der Waals surface area contributed by atoms with Crippen molar-refractivity contribution in [2.75, 3.05) is 27.9 Å². The molecule has 0 saturated carbocycles. The van der Waals surface area contributed by atoms with Crippen molar-refractivity contribution in [3.8, 4) is 28.4 Å². The van der Waals surface area contributed by atoms with Gasteiger partial charge in [-0.15, -0.1) is 0 Å². The molecule has 1 heterocycles. The van der Waals surface area contributed by atoms with Crippen molar-refractivity contribution in [2.45, 2.75) is 24.7 Å². The number of halogens is 3. The summed E-state index contributed by atoms with van der Waals surface area (Å²) in [5, 5.41) is 0. The number of hydrogen-bond donors (Lipinski definition) is 0. The Hall–Kier alpha value is -3.79. The van der Waals surface area contributed by atoms with Crippen molar-refractivity contribution in [3.05, 3.63) is 77.9 Å². The third-order valence-corrected chi connectivity index (χ3v) is 6.76. The highest BCUT2D eigenvalue weighted by Crippen LogP contribution is 2.43. The zero-order valence-corrected chi connectivity index (χ0v) is 21.8. The number of ether oxygens (including phenoxy) is 4. The highest BCUT2D eigenvalue weighted by molar-refractivity contribution is 7.80. The maximum absolute atomic E-state index is 13.8. The number of esters is 1. The van der Waals surface area contributed by atoms with Crippen LogP contribution in [0.1, 0.15) is 17.5 Å². The van der Waals surface area contributed by atoms with Gasteiger partial charge in [0.05, 0.1) is 27.9 Å². The van der Waals surface area contributed by atoms with E-state index in [1.54, 1.807) is 0 Å². The van der Waals surface area contributed by atoms with Crippen LogP contribution in [-0.4, -0.2) is 55.9 Å². The van der Waals surface area contributed by atoms with Gasteiger partial charge in [-0.1, -0.05) is 54.7 Å². The number of benzene rings is 3. The first-order valence-electron chi connectivity index (χ1n) is 11.7. The van der Waals surface area contributed by atoms with E-state index in [4.69, 9.17) is 31.2 Å². The number of nitrogens with zero attached hydrogens (tertiary/aromatic N) is 1. The molecule has 0 aliphatic carbocycles. The molecule has 2 atom stereocenters. The first kappa shape index (κ1) is 27.3. The van der Waals surface area contributed by atoms with E-state index in [0.717, 1.165) is 24.3 Å².